The summed E-state index contributed by atoms with van der Waals surface area (Å²) in [7, 11) is 0. The molecule has 1 saturated heterocycles. The standard InChI is InChI=1S/C23H20N4O/c28-23(27-11-4-5-12-27)20-10-6-9-19(25-20)18-13-17-14-21(26-22(17)24-15-18)16-7-2-1-3-8-16/h1-3,6-10,13-15H,4-5,11-12H2,(H,24,26). The molecule has 5 rings (SSSR count). The molecule has 0 unspecified atom stereocenters. The molecule has 1 fully saturated rings. The maximum atomic E-state index is 12.6. The highest BCUT2D eigenvalue weighted by atomic mass is 16.2. The fourth-order valence-corrected chi connectivity index (χ4v) is 3.73. The van der Waals surface area contributed by atoms with E-state index in [0.29, 0.717) is 5.69 Å². The van der Waals surface area contributed by atoms with Crippen LogP contribution in [0.25, 0.3) is 33.5 Å². The number of likely N-dealkylation sites (tertiary alicyclic amines) is 1. The van der Waals surface area contributed by atoms with Gasteiger partial charge in [0.1, 0.15) is 11.3 Å². The van der Waals surface area contributed by atoms with Crippen LogP contribution in [0, 0.1) is 0 Å². The molecule has 1 aliphatic rings. The lowest BCUT2D eigenvalue weighted by Gasteiger charge is -2.14. The van der Waals surface area contributed by atoms with Crippen LogP contribution in [0.2, 0.25) is 0 Å². The lowest BCUT2D eigenvalue weighted by Crippen LogP contribution is -2.28. The van der Waals surface area contributed by atoms with Crippen molar-refractivity contribution in [2.24, 2.45) is 0 Å². The predicted molar refractivity (Wildman–Crippen MR) is 110 cm³/mol. The van der Waals surface area contributed by atoms with Gasteiger partial charge < -0.3 is 9.88 Å². The van der Waals surface area contributed by atoms with Crippen molar-refractivity contribution in [2.45, 2.75) is 12.8 Å². The second-order valence-corrected chi connectivity index (χ2v) is 7.12. The molecule has 0 saturated carbocycles. The first-order chi connectivity index (χ1) is 13.8. The molecule has 4 heterocycles. The minimum absolute atomic E-state index is 0.0152. The number of rotatable bonds is 3. The molecule has 0 atom stereocenters. The van der Waals surface area contributed by atoms with E-state index >= 15 is 0 Å². The van der Waals surface area contributed by atoms with Gasteiger partial charge in [0, 0.05) is 35.9 Å². The van der Waals surface area contributed by atoms with E-state index in [1.807, 2.05) is 35.2 Å². The van der Waals surface area contributed by atoms with Crippen LogP contribution in [0.1, 0.15) is 23.3 Å². The maximum Gasteiger partial charge on any atom is 0.272 e. The summed E-state index contributed by atoms with van der Waals surface area (Å²) in [4.78, 5) is 27.1. The number of aromatic nitrogens is 3. The second-order valence-electron chi connectivity index (χ2n) is 7.12. The Morgan fingerprint density at radius 1 is 0.929 bits per heavy atom. The minimum atomic E-state index is 0.0152. The monoisotopic (exact) mass is 368 g/mol. The molecule has 4 aromatic rings. The Labute approximate surface area is 163 Å². The van der Waals surface area contributed by atoms with E-state index in [1.54, 1.807) is 12.3 Å². The molecule has 28 heavy (non-hydrogen) atoms. The number of hydrogen-bond acceptors (Lipinski definition) is 3. The number of nitrogens with zero attached hydrogens (tertiary/aromatic N) is 3. The van der Waals surface area contributed by atoms with Crippen LogP contribution in [0.15, 0.2) is 66.9 Å². The zero-order valence-corrected chi connectivity index (χ0v) is 15.4. The van der Waals surface area contributed by atoms with E-state index in [0.717, 1.165) is 59.5 Å². The number of H-pyrrole nitrogens is 1. The average Bonchev–Trinajstić information content (AvgIpc) is 3.43. The number of benzene rings is 1. The van der Waals surface area contributed by atoms with Crippen molar-refractivity contribution in [3.63, 3.8) is 0 Å². The number of hydrogen-bond donors (Lipinski definition) is 1. The van der Waals surface area contributed by atoms with Gasteiger partial charge in [-0.15, -0.1) is 0 Å². The van der Waals surface area contributed by atoms with Gasteiger partial charge in [-0.1, -0.05) is 36.4 Å². The summed E-state index contributed by atoms with van der Waals surface area (Å²) in [5.41, 5.74) is 5.17. The third kappa shape index (κ3) is 3.05. The summed E-state index contributed by atoms with van der Waals surface area (Å²) in [6.45, 7) is 1.65. The molecular weight excluding hydrogens is 348 g/mol. The Kier molecular flexibility index (Phi) is 4.13. The molecule has 1 aliphatic heterocycles. The van der Waals surface area contributed by atoms with Crippen LogP contribution in [0.5, 0.6) is 0 Å². The van der Waals surface area contributed by atoms with Crippen molar-refractivity contribution >= 4 is 16.9 Å². The number of carbonyl (C=O) groups is 1. The van der Waals surface area contributed by atoms with E-state index in [2.05, 4.69) is 39.2 Å². The molecule has 138 valence electrons. The van der Waals surface area contributed by atoms with Crippen LogP contribution in [-0.2, 0) is 0 Å². The lowest BCUT2D eigenvalue weighted by atomic mass is 10.1. The molecule has 1 amide bonds. The SMILES string of the molecule is O=C(c1cccc(-c2cnc3[nH]c(-c4ccccc4)cc3c2)n1)N1CCCC1. The normalized spacial score (nSPS) is 13.9. The van der Waals surface area contributed by atoms with Crippen molar-refractivity contribution in [2.75, 3.05) is 13.1 Å². The number of carbonyl (C=O) groups excluding carboxylic acids is 1. The topological polar surface area (TPSA) is 61.9 Å². The number of fused-ring (bicyclic) bond motifs is 1. The molecule has 0 spiro atoms. The Morgan fingerprint density at radius 2 is 1.75 bits per heavy atom. The summed E-state index contributed by atoms with van der Waals surface area (Å²) >= 11 is 0. The lowest BCUT2D eigenvalue weighted by molar-refractivity contribution is 0.0787. The summed E-state index contributed by atoms with van der Waals surface area (Å²) < 4.78 is 0. The minimum Gasteiger partial charge on any atom is -0.339 e. The zero-order chi connectivity index (χ0) is 18.9. The molecule has 3 aromatic heterocycles. The first kappa shape index (κ1) is 16.7. The number of aromatic amines is 1. The van der Waals surface area contributed by atoms with Crippen LogP contribution >= 0.6 is 0 Å². The van der Waals surface area contributed by atoms with Crippen LogP contribution in [0.4, 0.5) is 0 Å². The Bertz CT molecular complexity index is 1140. The van der Waals surface area contributed by atoms with Crippen LogP contribution < -0.4 is 0 Å². The van der Waals surface area contributed by atoms with Crippen molar-refractivity contribution < 1.29 is 4.79 Å². The van der Waals surface area contributed by atoms with E-state index in [9.17, 15) is 4.79 Å². The summed E-state index contributed by atoms with van der Waals surface area (Å²) in [5.74, 6) is 0.0152. The number of pyridine rings is 2. The first-order valence-corrected chi connectivity index (χ1v) is 9.59. The zero-order valence-electron chi connectivity index (χ0n) is 15.4. The molecule has 1 N–H and O–H groups in total. The van der Waals surface area contributed by atoms with Crippen LogP contribution in [0.3, 0.4) is 0 Å². The smallest absolute Gasteiger partial charge is 0.272 e. The highest BCUT2D eigenvalue weighted by molar-refractivity contribution is 5.93. The fourth-order valence-electron chi connectivity index (χ4n) is 3.73. The second kappa shape index (κ2) is 6.93. The molecule has 5 heteroatoms. The molecule has 0 aliphatic carbocycles. The van der Waals surface area contributed by atoms with Crippen molar-refractivity contribution in [3.05, 3.63) is 72.6 Å². The third-order valence-electron chi connectivity index (χ3n) is 5.21. The van der Waals surface area contributed by atoms with Gasteiger partial charge in [0.2, 0.25) is 0 Å². The Balaban J connectivity index is 1.49. The van der Waals surface area contributed by atoms with Crippen molar-refractivity contribution in [1.29, 1.82) is 0 Å². The van der Waals surface area contributed by atoms with Gasteiger partial charge in [-0.2, -0.15) is 0 Å². The van der Waals surface area contributed by atoms with E-state index < -0.39 is 0 Å². The van der Waals surface area contributed by atoms with Gasteiger partial charge in [0.05, 0.1) is 5.69 Å². The summed E-state index contributed by atoms with van der Waals surface area (Å²) in [6, 6.07) is 20.0. The van der Waals surface area contributed by atoms with E-state index in [1.165, 1.54) is 0 Å². The Morgan fingerprint density at radius 3 is 2.57 bits per heavy atom. The van der Waals surface area contributed by atoms with Gasteiger partial charge in [-0.25, -0.2) is 9.97 Å². The maximum absolute atomic E-state index is 12.6. The molecule has 0 radical (unpaired) electrons. The number of amides is 1. The highest BCUT2D eigenvalue weighted by Gasteiger charge is 2.20. The van der Waals surface area contributed by atoms with Crippen molar-refractivity contribution in [3.8, 4) is 22.5 Å². The van der Waals surface area contributed by atoms with Crippen LogP contribution in [-0.4, -0.2) is 38.8 Å². The largest absolute Gasteiger partial charge is 0.339 e. The van der Waals surface area contributed by atoms with Gasteiger partial charge in [-0.05, 0) is 42.7 Å². The summed E-state index contributed by atoms with van der Waals surface area (Å²) in [5, 5.41) is 1.02. The van der Waals surface area contributed by atoms with Gasteiger partial charge in [0.15, 0.2) is 0 Å². The third-order valence-corrected chi connectivity index (χ3v) is 5.21. The quantitative estimate of drug-likeness (QED) is 0.578. The van der Waals surface area contributed by atoms with E-state index in [4.69, 9.17) is 0 Å². The van der Waals surface area contributed by atoms with Gasteiger partial charge >= 0.3 is 0 Å². The molecular formula is C23H20N4O. The first-order valence-electron chi connectivity index (χ1n) is 9.59. The average molecular weight is 368 g/mol. The molecule has 0 bridgehead atoms. The molecule has 5 nitrogen and oxygen atoms in total. The van der Waals surface area contributed by atoms with E-state index in [-0.39, 0.29) is 5.91 Å². The summed E-state index contributed by atoms with van der Waals surface area (Å²) in [6.07, 6.45) is 3.95. The fraction of sp³-hybridized carbons (Fsp3) is 0.174. The predicted octanol–water partition coefficient (Wildman–Crippen LogP) is 4.53. The highest BCUT2D eigenvalue weighted by Crippen LogP contribution is 2.26. The van der Waals surface area contributed by atoms with Gasteiger partial charge in [0.25, 0.3) is 5.91 Å². The van der Waals surface area contributed by atoms with Crippen molar-refractivity contribution in [1.82, 2.24) is 19.9 Å². The Hall–Kier alpha value is -3.47. The number of nitrogens with one attached hydrogen (secondary N) is 1. The molecule has 1 aromatic carbocycles. The van der Waals surface area contributed by atoms with Gasteiger partial charge in [-0.3, -0.25) is 4.79 Å².